The highest BCUT2D eigenvalue weighted by Crippen LogP contribution is 2.27. The van der Waals surface area contributed by atoms with Gasteiger partial charge in [0, 0.05) is 18.0 Å². The molecule has 0 saturated carbocycles. The molecule has 0 fully saturated rings. The van der Waals surface area contributed by atoms with Crippen LogP contribution in [0.3, 0.4) is 0 Å². The molecule has 0 amide bonds. The van der Waals surface area contributed by atoms with Gasteiger partial charge in [0.1, 0.15) is 0 Å². The van der Waals surface area contributed by atoms with Gasteiger partial charge in [0.05, 0.1) is 9.89 Å². The fraction of sp³-hybridized carbons (Fsp3) is 0.636. The van der Waals surface area contributed by atoms with Gasteiger partial charge in [0.2, 0.25) is 0 Å². The van der Waals surface area contributed by atoms with Crippen LogP contribution in [-0.2, 0) is 6.54 Å². The van der Waals surface area contributed by atoms with Crippen molar-refractivity contribution < 1.29 is 5.11 Å². The molecule has 1 atom stereocenters. The van der Waals surface area contributed by atoms with Gasteiger partial charge in [0.25, 0.3) is 0 Å². The van der Waals surface area contributed by atoms with Crippen molar-refractivity contribution in [3.63, 3.8) is 0 Å². The molecule has 1 rings (SSSR count). The maximum Gasteiger partial charge on any atom is 0.0730 e. The van der Waals surface area contributed by atoms with Crippen LogP contribution in [0.15, 0.2) is 9.85 Å². The van der Waals surface area contributed by atoms with Crippen LogP contribution in [0.1, 0.15) is 23.8 Å². The molecule has 4 heteroatoms. The van der Waals surface area contributed by atoms with Crippen LogP contribution < -0.4 is 0 Å². The minimum Gasteiger partial charge on any atom is -0.393 e. The van der Waals surface area contributed by atoms with Crippen molar-refractivity contribution in [3.05, 3.63) is 20.3 Å². The normalized spacial score (nSPS) is 13.5. The average Bonchev–Trinajstić information content (AvgIpc) is 2.42. The van der Waals surface area contributed by atoms with E-state index < -0.39 is 0 Å². The standard InChI is InChI=1S/C11H18BrNOS/c1-8-6-10(15-11(8)12)7-13(3)5-4-9(2)14/h6,9,14H,4-5,7H2,1-3H3. The first-order valence-corrected chi connectivity index (χ1v) is 6.71. The van der Waals surface area contributed by atoms with Gasteiger partial charge in [-0.25, -0.2) is 0 Å². The highest BCUT2D eigenvalue weighted by Gasteiger charge is 2.06. The SMILES string of the molecule is Cc1cc(CN(C)CCC(C)O)sc1Br. The average molecular weight is 292 g/mol. The molecule has 2 nitrogen and oxygen atoms in total. The minimum absolute atomic E-state index is 0.204. The van der Waals surface area contributed by atoms with Gasteiger partial charge >= 0.3 is 0 Å². The van der Waals surface area contributed by atoms with Crippen molar-refractivity contribution in [3.8, 4) is 0 Å². The number of hydrogen-bond acceptors (Lipinski definition) is 3. The highest BCUT2D eigenvalue weighted by molar-refractivity contribution is 9.11. The molecule has 1 N–H and O–H groups in total. The Labute approximate surface area is 104 Å². The first-order chi connectivity index (χ1) is 6.99. The number of hydrogen-bond donors (Lipinski definition) is 1. The van der Waals surface area contributed by atoms with Crippen LogP contribution in [0, 0.1) is 6.92 Å². The third-order valence-electron chi connectivity index (χ3n) is 2.26. The summed E-state index contributed by atoms with van der Waals surface area (Å²) in [4.78, 5) is 3.61. The van der Waals surface area contributed by atoms with E-state index >= 15 is 0 Å². The molecule has 1 aromatic heterocycles. The topological polar surface area (TPSA) is 23.5 Å². The number of thiophene rings is 1. The van der Waals surface area contributed by atoms with Crippen molar-refractivity contribution in [2.75, 3.05) is 13.6 Å². The Bertz CT molecular complexity index is 292. The molecule has 0 aliphatic heterocycles. The second-order valence-corrected chi connectivity index (χ2v) is 6.50. The Balaban J connectivity index is 2.40. The van der Waals surface area contributed by atoms with Crippen molar-refractivity contribution in [2.24, 2.45) is 0 Å². The molecule has 15 heavy (non-hydrogen) atoms. The van der Waals surface area contributed by atoms with E-state index in [1.165, 1.54) is 14.2 Å². The molecule has 0 aliphatic rings. The van der Waals surface area contributed by atoms with Crippen LogP contribution in [0.4, 0.5) is 0 Å². The predicted molar refractivity (Wildman–Crippen MR) is 69.4 cm³/mol. The van der Waals surface area contributed by atoms with Crippen molar-refractivity contribution in [1.82, 2.24) is 4.90 Å². The molecular weight excluding hydrogens is 274 g/mol. The second kappa shape index (κ2) is 5.99. The third kappa shape index (κ3) is 4.64. The molecule has 0 spiro atoms. The van der Waals surface area contributed by atoms with E-state index in [1.54, 1.807) is 11.3 Å². The Morgan fingerprint density at radius 1 is 1.60 bits per heavy atom. The molecule has 1 heterocycles. The summed E-state index contributed by atoms with van der Waals surface area (Å²) >= 11 is 5.32. The number of halogens is 1. The van der Waals surface area contributed by atoms with E-state index in [2.05, 4.69) is 40.9 Å². The van der Waals surface area contributed by atoms with Crippen LogP contribution in [-0.4, -0.2) is 29.7 Å². The van der Waals surface area contributed by atoms with Crippen LogP contribution >= 0.6 is 27.3 Å². The predicted octanol–water partition coefficient (Wildman–Crippen LogP) is 3.02. The molecule has 1 unspecified atom stereocenters. The van der Waals surface area contributed by atoms with E-state index in [9.17, 15) is 5.11 Å². The van der Waals surface area contributed by atoms with Gasteiger partial charge in [0.15, 0.2) is 0 Å². The maximum absolute atomic E-state index is 9.18. The van der Waals surface area contributed by atoms with Gasteiger partial charge in [-0.15, -0.1) is 11.3 Å². The van der Waals surface area contributed by atoms with Crippen LogP contribution in [0.2, 0.25) is 0 Å². The van der Waals surface area contributed by atoms with E-state index in [4.69, 9.17) is 0 Å². The van der Waals surface area contributed by atoms with Gasteiger partial charge < -0.3 is 10.0 Å². The van der Waals surface area contributed by atoms with Crippen LogP contribution in [0.5, 0.6) is 0 Å². The number of nitrogens with zero attached hydrogens (tertiary/aromatic N) is 1. The highest BCUT2D eigenvalue weighted by atomic mass is 79.9. The fourth-order valence-electron chi connectivity index (χ4n) is 1.35. The van der Waals surface area contributed by atoms with Crippen LogP contribution in [0.25, 0.3) is 0 Å². The number of aliphatic hydroxyl groups excluding tert-OH is 1. The lowest BCUT2D eigenvalue weighted by atomic mass is 10.2. The Hall–Kier alpha value is 0.100. The fourth-order valence-corrected chi connectivity index (χ4v) is 3.06. The molecule has 1 aromatic rings. The van der Waals surface area contributed by atoms with Gasteiger partial charge in [-0.2, -0.15) is 0 Å². The van der Waals surface area contributed by atoms with Gasteiger partial charge in [-0.3, -0.25) is 0 Å². The summed E-state index contributed by atoms with van der Waals surface area (Å²) in [5, 5.41) is 9.18. The summed E-state index contributed by atoms with van der Waals surface area (Å²) < 4.78 is 1.22. The maximum atomic E-state index is 9.18. The molecule has 0 radical (unpaired) electrons. The number of aliphatic hydroxyl groups is 1. The first-order valence-electron chi connectivity index (χ1n) is 5.10. The lowest BCUT2D eigenvalue weighted by molar-refractivity contribution is 0.163. The molecule has 0 bridgehead atoms. The van der Waals surface area contributed by atoms with Crippen molar-refractivity contribution in [1.29, 1.82) is 0 Å². The van der Waals surface area contributed by atoms with Gasteiger partial charge in [-0.05, 0) is 54.9 Å². The molecule has 86 valence electrons. The Kier molecular flexibility index (Phi) is 5.26. The van der Waals surface area contributed by atoms with Crippen molar-refractivity contribution in [2.45, 2.75) is 32.9 Å². The minimum atomic E-state index is -0.204. The second-order valence-electron chi connectivity index (χ2n) is 4.04. The number of aryl methyl sites for hydroxylation is 1. The summed E-state index contributed by atoms with van der Waals surface area (Å²) in [7, 11) is 2.09. The summed E-state index contributed by atoms with van der Waals surface area (Å²) in [5.74, 6) is 0. The Morgan fingerprint density at radius 2 is 2.27 bits per heavy atom. The van der Waals surface area contributed by atoms with Crippen molar-refractivity contribution >= 4 is 27.3 Å². The Morgan fingerprint density at radius 3 is 2.73 bits per heavy atom. The largest absolute Gasteiger partial charge is 0.393 e. The monoisotopic (exact) mass is 291 g/mol. The third-order valence-corrected chi connectivity index (χ3v) is 4.38. The first kappa shape index (κ1) is 13.2. The summed E-state index contributed by atoms with van der Waals surface area (Å²) in [6.07, 6.45) is 0.631. The quantitative estimate of drug-likeness (QED) is 0.901. The summed E-state index contributed by atoms with van der Waals surface area (Å²) in [5.41, 5.74) is 1.30. The van der Waals surface area contributed by atoms with E-state index in [0.717, 1.165) is 19.5 Å². The zero-order valence-corrected chi connectivity index (χ0v) is 11.9. The summed E-state index contributed by atoms with van der Waals surface area (Å²) in [6.45, 7) is 5.84. The number of rotatable bonds is 5. The smallest absolute Gasteiger partial charge is 0.0730 e. The molecule has 0 aliphatic carbocycles. The van der Waals surface area contributed by atoms with Gasteiger partial charge in [-0.1, -0.05) is 0 Å². The molecular formula is C11H18BrNOS. The lowest BCUT2D eigenvalue weighted by Crippen LogP contribution is -2.21. The zero-order chi connectivity index (χ0) is 11.4. The zero-order valence-electron chi connectivity index (χ0n) is 9.46. The lowest BCUT2D eigenvalue weighted by Gasteiger charge is -2.16. The molecule has 0 aromatic carbocycles. The van der Waals surface area contributed by atoms with E-state index in [-0.39, 0.29) is 6.10 Å². The van der Waals surface area contributed by atoms with E-state index in [1.807, 2.05) is 6.92 Å². The molecule has 0 saturated heterocycles. The summed E-state index contributed by atoms with van der Waals surface area (Å²) in [6, 6.07) is 2.22. The van der Waals surface area contributed by atoms with E-state index in [0.29, 0.717) is 0 Å².